The molecular weight excluding hydrogens is 298 g/mol. The molecule has 2 aliphatic heterocycles. The molecule has 0 radical (unpaired) electrons. The third-order valence-corrected chi connectivity index (χ3v) is 3.70. The lowest BCUT2D eigenvalue weighted by atomic mass is 9.90. The van der Waals surface area contributed by atoms with E-state index >= 15 is 0 Å². The van der Waals surface area contributed by atoms with Gasteiger partial charge in [-0.2, -0.15) is 0 Å². The van der Waals surface area contributed by atoms with Gasteiger partial charge in [-0.25, -0.2) is 18.6 Å². The number of aromatic carboxylic acids is 1. The molecule has 2 aliphatic rings. The second-order valence-corrected chi connectivity index (χ2v) is 6.13. The Morgan fingerprint density at radius 3 is 2.64 bits per heavy atom. The van der Waals surface area contributed by atoms with Crippen molar-refractivity contribution in [3.63, 3.8) is 0 Å². The maximum Gasteiger partial charge on any atom is 0.354 e. The van der Waals surface area contributed by atoms with Crippen LogP contribution in [0.5, 0.6) is 5.88 Å². The molecule has 1 N–H and O–H groups in total. The monoisotopic (exact) mass is 314 g/mol. The van der Waals surface area contributed by atoms with E-state index in [0.717, 1.165) is 0 Å². The number of carbonyl (C=O) groups is 1. The highest BCUT2D eigenvalue weighted by Crippen LogP contribution is 2.37. The molecule has 2 saturated heterocycles. The minimum Gasteiger partial charge on any atom is -0.477 e. The quantitative estimate of drug-likeness (QED) is 0.891. The van der Waals surface area contributed by atoms with Crippen LogP contribution >= 0.6 is 0 Å². The maximum atomic E-state index is 13.0. The normalized spacial score (nSPS) is 21.7. The summed E-state index contributed by atoms with van der Waals surface area (Å²) in [5, 5.41) is 9.01. The van der Waals surface area contributed by atoms with E-state index in [1.807, 2.05) is 6.92 Å². The molecule has 0 atom stereocenters. The summed E-state index contributed by atoms with van der Waals surface area (Å²) in [6.45, 7) is 2.51. The van der Waals surface area contributed by atoms with Crippen molar-refractivity contribution in [2.24, 2.45) is 5.41 Å². The van der Waals surface area contributed by atoms with E-state index in [1.165, 1.54) is 17.0 Å². The summed E-state index contributed by atoms with van der Waals surface area (Å²) in [7, 11) is 0. The van der Waals surface area contributed by atoms with Crippen molar-refractivity contribution in [1.29, 1.82) is 0 Å². The van der Waals surface area contributed by atoms with Crippen LogP contribution in [-0.4, -0.2) is 54.9 Å². The number of pyridine rings is 1. The van der Waals surface area contributed by atoms with Gasteiger partial charge in [0.25, 0.3) is 5.92 Å². The Morgan fingerprint density at radius 1 is 1.45 bits per heavy atom. The predicted octanol–water partition coefficient (Wildman–Crippen LogP) is 1.65. The highest BCUT2D eigenvalue weighted by molar-refractivity contribution is 5.86. The van der Waals surface area contributed by atoms with Crippen LogP contribution in [0.2, 0.25) is 0 Å². The molecular formula is C14H16F2N2O4. The lowest BCUT2D eigenvalue weighted by molar-refractivity contribution is -0.120. The summed E-state index contributed by atoms with van der Waals surface area (Å²) in [4.78, 5) is 16.4. The van der Waals surface area contributed by atoms with Crippen LogP contribution in [0, 0.1) is 5.41 Å². The van der Waals surface area contributed by atoms with Crippen LogP contribution in [0.4, 0.5) is 14.5 Å². The van der Waals surface area contributed by atoms with Crippen LogP contribution in [-0.2, 0) is 4.74 Å². The first-order valence-corrected chi connectivity index (χ1v) is 6.86. The summed E-state index contributed by atoms with van der Waals surface area (Å²) in [6, 6.07) is 2.75. The largest absolute Gasteiger partial charge is 0.477 e. The van der Waals surface area contributed by atoms with Gasteiger partial charge in [-0.05, 0) is 12.1 Å². The first-order chi connectivity index (χ1) is 10.3. The number of anilines is 1. The van der Waals surface area contributed by atoms with Crippen LogP contribution in [0.3, 0.4) is 0 Å². The van der Waals surface area contributed by atoms with Crippen molar-refractivity contribution in [1.82, 2.24) is 4.98 Å². The molecule has 1 aromatic heterocycles. The molecule has 0 amide bonds. The van der Waals surface area contributed by atoms with Gasteiger partial charge >= 0.3 is 5.97 Å². The van der Waals surface area contributed by atoms with Gasteiger partial charge in [0.15, 0.2) is 5.69 Å². The fourth-order valence-corrected chi connectivity index (χ4v) is 2.36. The van der Waals surface area contributed by atoms with E-state index in [4.69, 9.17) is 14.6 Å². The fourth-order valence-electron chi connectivity index (χ4n) is 2.36. The van der Waals surface area contributed by atoms with Gasteiger partial charge in [-0.15, -0.1) is 0 Å². The first-order valence-electron chi connectivity index (χ1n) is 6.86. The number of carboxylic acids is 1. The Kier molecular flexibility index (Phi) is 3.43. The Balaban J connectivity index is 1.80. The summed E-state index contributed by atoms with van der Waals surface area (Å²) in [6.07, 6.45) is 0. The van der Waals surface area contributed by atoms with E-state index in [1.54, 1.807) is 0 Å². The second-order valence-electron chi connectivity index (χ2n) is 6.13. The van der Waals surface area contributed by atoms with Crippen molar-refractivity contribution in [2.75, 3.05) is 37.8 Å². The minimum absolute atomic E-state index is 0.0727. The maximum absolute atomic E-state index is 13.0. The average Bonchev–Trinajstić information content (AvgIpc) is 2.40. The highest BCUT2D eigenvalue weighted by Gasteiger charge is 2.45. The van der Waals surface area contributed by atoms with Gasteiger partial charge in [0.1, 0.15) is 5.69 Å². The third-order valence-electron chi connectivity index (χ3n) is 3.70. The third kappa shape index (κ3) is 2.83. The van der Waals surface area contributed by atoms with Crippen LogP contribution < -0.4 is 9.64 Å². The second kappa shape index (κ2) is 5.05. The molecule has 1 aromatic rings. The average molecular weight is 314 g/mol. The number of hydrogen-bond acceptors (Lipinski definition) is 5. The molecule has 3 heterocycles. The Labute approximate surface area is 125 Å². The molecule has 0 aliphatic carbocycles. The standard InChI is InChI=1S/C14H16F2N2O4/c1-13(6-21-7-13)8-22-11-10(18-4-14(15,16)5-18)3-2-9(17-11)12(19)20/h2-3H,4-8H2,1H3,(H,19,20). The SMILES string of the molecule is CC1(COc2nc(C(=O)O)ccc2N2CC(F)(F)C2)COC1. The number of rotatable bonds is 5. The van der Waals surface area contributed by atoms with E-state index in [2.05, 4.69) is 4.98 Å². The minimum atomic E-state index is -2.73. The molecule has 0 aromatic carbocycles. The zero-order valence-corrected chi connectivity index (χ0v) is 12.0. The Bertz CT molecular complexity index is 597. The van der Waals surface area contributed by atoms with E-state index < -0.39 is 25.0 Å². The molecule has 22 heavy (non-hydrogen) atoms. The molecule has 3 rings (SSSR count). The zero-order chi connectivity index (χ0) is 16.0. The summed E-state index contributed by atoms with van der Waals surface area (Å²) in [5.41, 5.74) is 0.0534. The molecule has 8 heteroatoms. The topological polar surface area (TPSA) is 71.9 Å². The van der Waals surface area contributed by atoms with Crippen molar-refractivity contribution in [3.05, 3.63) is 17.8 Å². The number of ether oxygens (including phenoxy) is 2. The van der Waals surface area contributed by atoms with Crippen molar-refractivity contribution in [2.45, 2.75) is 12.8 Å². The van der Waals surface area contributed by atoms with E-state index in [0.29, 0.717) is 25.5 Å². The van der Waals surface area contributed by atoms with Gasteiger partial charge in [-0.3, -0.25) is 0 Å². The lowest BCUT2D eigenvalue weighted by Gasteiger charge is -2.41. The number of halogens is 2. The van der Waals surface area contributed by atoms with E-state index in [-0.39, 0.29) is 17.0 Å². The van der Waals surface area contributed by atoms with Gasteiger partial charge in [0.2, 0.25) is 5.88 Å². The molecule has 0 saturated carbocycles. The van der Waals surface area contributed by atoms with Crippen LogP contribution in [0.1, 0.15) is 17.4 Å². The molecule has 0 unspecified atom stereocenters. The Hall–Kier alpha value is -1.96. The summed E-state index contributed by atoms with van der Waals surface area (Å²) in [5.74, 6) is -3.84. The fraction of sp³-hybridized carbons (Fsp3) is 0.571. The Morgan fingerprint density at radius 2 is 2.14 bits per heavy atom. The van der Waals surface area contributed by atoms with Gasteiger partial charge < -0.3 is 19.5 Å². The highest BCUT2D eigenvalue weighted by atomic mass is 19.3. The number of alkyl halides is 2. The summed E-state index contributed by atoms with van der Waals surface area (Å²) < 4.78 is 36.8. The van der Waals surface area contributed by atoms with E-state index in [9.17, 15) is 13.6 Å². The number of aromatic nitrogens is 1. The molecule has 6 nitrogen and oxygen atoms in total. The predicted molar refractivity (Wildman–Crippen MR) is 72.8 cm³/mol. The van der Waals surface area contributed by atoms with Crippen LogP contribution in [0.15, 0.2) is 12.1 Å². The first kappa shape index (κ1) is 15.0. The molecule has 0 bridgehead atoms. The molecule has 2 fully saturated rings. The van der Waals surface area contributed by atoms with Gasteiger partial charge in [0.05, 0.1) is 32.9 Å². The lowest BCUT2D eigenvalue weighted by Crippen LogP contribution is -2.56. The van der Waals surface area contributed by atoms with Crippen molar-refractivity contribution < 1.29 is 28.2 Å². The summed E-state index contributed by atoms with van der Waals surface area (Å²) >= 11 is 0. The van der Waals surface area contributed by atoms with Crippen molar-refractivity contribution in [3.8, 4) is 5.88 Å². The number of carboxylic acid groups (broad SMARTS) is 1. The van der Waals surface area contributed by atoms with Gasteiger partial charge in [-0.1, -0.05) is 6.92 Å². The number of hydrogen-bond donors (Lipinski definition) is 1. The number of nitrogens with zero attached hydrogens (tertiary/aromatic N) is 2. The van der Waals surface area contributed by atoms with Crippen LogP contribution in [0.25, 0.3) is 0 Å². The van der Waals surface area contributed by atoms with Crippen molar-refractivity contribution >= 4 is 11.7 Å². The molecule has 120 valence electrons. The zero-order valence-electron chi connectivity index (χ0n) is 12.0. The van der Waals surface area contributed by atoms with Gasteiger partial charge in [0, 0.05) is 5.41 Å². The smallest absolute Gasteiger partial charge is 0.354 e. The molecule has 0 spiro atoms.